The second-order valence-corrected chi connectivity index (χ2v) is 18.4. The van der Waals surface area contributed by atoms with Gasteiger partial charge in [0.25, 0.3) is 0 Å². The highest BCUT2D eigenvalue weighted by molar-refractivity contribution is 7.09. The van der Waals surface area contributed by atoms with E-state index in [0.29, 0.717) is 15.4 Å². The van der Waals surface area contributed by atoms with Gasteiger partial charge in [-0.25, -0.2) is 0 Å². The SMILES string of the molecule is CCC(C)C1C(=O)N[C@@H](CCC(N)=O)C(=O)N[C@@H](CC(N)=O)C(=O)N[C@H](C(=O)N2CCCC2C(=O)N[C@@H](Cc2cccs2)C(=O)NCC(N)=O)CNC(=O)CCC(=O)N[C@@H](Cc2ccc(O)cc2)C(=O)N1[NH-]. The van der Waals surface area contributed by atoms with Crippen molar-refractivity contribution in [1.29, 1.82) is 0 Å². The molecule has 26 nitrogen and oxygen atoms in total. The number of benzene rings is 1. The number of rotatable bonds is 17. The summed E-state index contributed by atoms with van der Waals surface area (Å²) < 4.78 is 0. The highest BCUT2D eigenvalue weighted by Crippen LogP contribution is 2.22. The smallest absolute Gasteiger partial charge is 0.247 e. The maximum atomic E-state index is 14.5. The Morgan fingerprint density at radius 1 is 0.847 bits per heavy atom. The lowest BCUT2D eigenvalue weighted by Gasteiger charge is -2.41. The zero-order valence-electron chi connectivity index (χ0n) is 39.7. The summed E-state index contributed by atoms with van der Waals surface area (Å²) >= 11 is 1.30. The summed E-state index contributed by atoms with van der Waals surface area (Å²) in [6.07, 6.45) is -2.66. The number of nitrogens with one attached hydrogen (secondary N) is 8. The second kappa shape index (κ2) is 27.1. The van der Waals surface area contributed by atoms with Crippen LogP contribution in [-0.4, -0.2) is 148 Å². The number of thiophene rings is 1. The van der Waals surface area contributed by atoms with E-state index in [4.69, 9.17) is 23.0 Å². The lowest BCUT2D eigenvalue weighted by Crippen LogP contribution is -2.62. The molecular formula is C45H62N13O13S-. The Bertz CT molecular complexity index is 2330. The van der Waals surface area contributed by atoms with Crippen LogP contribution in [0.25, 0.3) is 5.84 Å². The third-order valence-electron chi connectivity index (χ3n) is 11.9. The van der Waals surface area contributed by atoms with Crippen LogP contribution in [0, 0.1) is 5.92 Å². The van der Waals surface area contributed by atoms with E-state index >= 15 is 0 Å². The van der Waals surface area contributed by atoms with Gasteiger partial charge in [-0.15, -0.1) is 11.3 Å². The van der Waals surface area contributed by atoms with E-state index in [2.05, 4.69) is 37.2 Å². The molecule has 0 radical (unpaired) electrons. The Morgan fingerprint density at radius 3 is 2.14 bits per heavy atom. The highest BCUT2D eigenvalue weighted by atomic mass is 32.1. The van der Waals surface area contributed by atoms with Crippen molar-refractivity contribution in [2.45, 2.75) is 120 Å². The first-order chi connectivity index (χ1) is 34.1. The molecule has 15 N–H and O–H groups in total. The van der Waals surface area contributed by atoms with Crippen molar-refractivity contribution in [2.24, 2.45) is 23.1 Å². The third kappa shape index (κ3) is 17.0. The Hall–Kier alpha value is -7.68. The molecule has 3 unspecified atom stereocenters. The number of aromatic hydroxyl groups is 1. The summed E-state index contributed by atoms with van der Waals surface area (Å²) in [5.41, 5.74) is 16.5. The number of likely N-dealkylation sites (tertiary alicyclic amines) is 1. The molecule has 8 atom stereocenters. The van der Waals surface area contributed by atoms with Crippen LogP contribution >= 0.6 is 11.3 Å². The fourth-order valence-corrected chi connectivity index (χ4v) is 8.65. The van der Waals surface area contributed by atoms with Crippen molar-refractivity contribution in [3.05, 3.63) is 58.1 Å². The van der Waals surface area contributed by atoms with E-state index in [-0.39, 0.29) is 44.4 Å². The summed E-state index contributed by atoms with van der Waals surface area (Å²) in [6.45, 7) is 1.94. The quantitative estimate of drug-likeness (QED) is 0.0735. The number of phenols is 1. The summed E-state index contributed by atoms with van der Waals surface area (Å²) in [5, 5.41) is 29.1. The molecule has 2 fully saturated rings. The Morgan fingerprint density at radius 2 is 1.51 bits per heavy atom. The monoisotopic (exact) mass is 1020 g/mol. The van der Waals surface area contributed by atoms with Crippen molar-refractivity contribution < 1.29 is 62.6 Å². The Labute approximate surface area is 417 Å². The van der Waals surface area contributed by atoms with Gasteiger partial charge in [-0.3, -0.25) is 57.5 Å². The number of nitrogens with two attached hydrogens (primary N) is 3. The largest absolute Gasteiger partial charge is 0.580 e. The molecule has 0 saturated carbocycles. The molecule has 12 amide bonds. The second-order valence-electron chi connectivity index (χ2n) is 17.4. The average molecular weight is 1030 g/mol. The topological polar surface area (TPSA) is 418 Å². The van der Waals surface area contributed by atoms with Gasteiger partial charge in [0.1, 0.15) is 42.0 Å². The van der Waals surface area contributed by atoms with Gasteiger partial charge >= 0.3 is 0 Å². The molecule has 2 aromatic rings. The molecule has 2 aliphatic heterocycles. The predicted octanol–water partition coefficient (Wildman–Crippen LogP) is -3.48. The Kier molecular flexibility index (Phi) is 21.4. The molecule has 1 aromatic heterocycles. The summed E-state index contributed by atoms with van der Waals surface area (Å²) in [7, 11) is 0. The van der Waals surface area contributed by atoms with E-state index in [9.17, 15) is 62.6 Å². The molecule has 72 heavy (non-hydrogen) atoms. The first kappa shape index (κ1) is 56.9. The van der Waals surface area contributed by atoms with E-state index in [1.807, 2.05) is 0 Å². The third-order valence-corrected chi connectivity index (χ3v) is 12.8. The van der Waals surface area contributed by atoms with Crippen LogP contribution < -0.4 is 54.4 Å². The molecule has 2 aliphatic rings. The van der Waals surface area contributed by atoms with E-state index < -0.39 is 164 Å². The fourth-order valence-electron chi connectivity index (χ4n) is 7.90. The molecule has 0 bridgehead atoms. The molecule has 0 spiro atoms. The van der Waals surface area contributed by atoms with E-state index in [0.717, 1.165) is 4.90 Å². The predicted molar refractivity (Wildman–Crippen MR) is 255 cm³/mol. The van der Waals surface area contributed by atoms with Crippen LogP contribution in [-0.2, 0) is 70.4 Å². The lowest BCUT2D eigenvalue weighted by atomic mass is 9.95. The van der Waals surface area contributed by atoms with Crippen LogP contribution in [0.15, 0.2) is 41.8 Å². The highest BCUT2D eigenvalue weighted by Gasteiger charge is 2.41. The summed E-state index contributed by atoms with van der Waals surface area (Å²) in [4.78, 5) is 163. The molecule has 1 aromatic carbocycles. The van der Waals surface area contributed by atoms with Gasteiger partial charge in [-0.2, -0.15) is 0 Å². The number of carbonyl (C=O) groups excluding carboxylic acids is 12. The van der Waals surface area contributed by atoms with Crippen LogP contribution in [0.3, 0.4) is 0 Å². The van der Waals surface area contributed by atoms with Gasteiger partial charge in [0, 0.05) is 50.1 Å². The molecule has 4 rings (SSSR count). The zero-order valence-corrected chi connectivity index (χ0v) is 40.6. The number of phenolic OH excluding ortho intramolecular Hbond substituents is 1. The van der Waals surface area contributed by atoms with Gasteiger partial charge in [0.15, 0.2) is 0 Å². The minimum Gasteiger partial charge on any atom is -0.580 e. The van der Waals surface area contributed by atoms with Gasteiger partial charge in [-0.1, -0.05) is 38.5 Å². The summed E-state index contributed by atoms with van der Waals surface area (Å²) in [5.74, 6) is -3.43. The number of nitrogens with zero attached hydrogens (tertiary/aromatic N) is 2. The van der Waals surface area contributed by atoms with Gasteiger partial charge < -0.3 is 75.3 Å². The minimum absolute atomic E-state index is 0.00788. The molecule has 392 valence electrons. The summed E-state index contributed by atoms with van der Waals surface area (Å²) in [6, 6.07) is -1.91. The zero-order chi connectivity index (χ0) is 53.2. The van der Waals surface area contributed by atoms with Crippen molar-refractivity contribution >= 4 is 82.2 Å². The molecule has 3 heterocycles. The Balaban J connectivity index is 1.72. The number of carbonyl (C=O) groups is 12. The van der Waals surface area contributed by atoms with Crippen LogP contribution in [0.2, 0.25) is 0 Å². The first-order valence-corrected chi connectivity index (χ1v) is 24.0. The first-order valence-electron chi connectivity index (χ1n) is 23.1. The fraction of sp³-hybridized carbons (Fsp3) is 0.511. The number of amides is 12. The standard InChI is InChI=1S/C45H62N13O13S/c1-3-23(2)38-43(69)53-27(12-13-33(46)60)40(66)54-29(20-34(47)61)41(67)56-31(21-50-36(63)14-15-37(64)52-30(45(71)58(38)49)18-24-8-10-25(59)11-9-24)44(70)57-16-4-7-32(57)42(68)55-28(19-26-6-5-17-72-26)39(65)51-22-35(48)62/h5-6,8-11,17,23,27-32,38,49,59H,3-4,7,12-16,18-22H2,1-2H3,(H2,46,60)(H2,47,61)(H2,48,62)(H,50,63)(H,51,65)(H,52,64)(H,53,69)(H,54,66)(H,55,68)(H,56,67)/q-1/t23?,27-,28-,29-,30-,31-,32?,38?/m0/s1. The number of hydrogen-bond acceptors (Lipinski definition) is 14. The number of primary amides is 3. The van der Waals surface area contributed by atoms with Gasteiger partial charge in [0.2, 0.25) is 70.9 Å². The van der Waals surface area contributed by atoms with Crippen LogP contribution in [0.5, 0.6) is 5.75 Å². The van der Waals surface area contributed by atoms with Crippen molar-refractivity contribution in [2.75, 3.05) is 19.6 Å². The van der Waals surface area contributed by atoms with Crippen LogP contribution in [0.4, 0.5) is 0 Å². The van der Waals surface area contributed by atoms with E-state index in [1.54, 1.807) is 31.4 Å². The number of hydrogen-bond donors (Lipinski definition) is 11. The minimum atomic E-state index is -1.88. The van der Waals surface area contributed by atoms with Gasteiger partial charge in [-0.05, 0) is 54.3 Å². The maximum Gasteiger partial charge on any atom is 0.247 e. The van der Waals surface area contributed by atoms with Crippen molar-refractivity contribution in [3.8, 4) is 5.75 Å². The van der Waals surface area contributed by atoms with Crippen LogP contribution in [0.1, 0.15) is 75.7 Å². The van der Waals surface area contributed by atoms with Gasteiger partial charge in [0.05, 0.1) is 19.0 Å². The molecular weight excluding hydrogens is 963 g/mol. The lowest BCUT2D eigenvalue weighted by molar-refractivity contribution is -0.143. The maximum absolute atomic E-state index is 14.5. The molecule has 2 saturated heterocycles. The molecule has 0 aliphatic carbocycles. The van der Waals surface area contributed by atoms with Crippen molar-refractivity contribution in [1.82, 2.24) is 47.1 Å². The molecule has 27 heteroatoms. The normalized spacial score (nSPS) is 22.7. The average Bonchev–Trinajstić information content (AvgIpc) is 4.05. The van der Waals surface area contributed by atoms with E-state index in [1.165, 1.54) is 35.6 Å². The van der Waals surface area contributed by atoms with Crippen molar-refractivity contribution in [3.63, 3.8) is 0 Å².